The molecule has 0 saturated heterocycles. The molecule has 32 heavy (non-hydrogen) atoms. The first-order chi connectivity index (χ1) is 15.4. The number of nitrogens with one attached hydrogen (secondary N) is 1. The Bertz CT molecular complexity index is 900. The SMILES string of the molecule is CCCCCCOc1ccc(/C=N/NC(=O)COc2ccc(Br)cc2C(C)C)cc1OC. The second kappa shape index (κ2) is 13.8. The highest BCUT2D eigenvalue weighted by Gasteiger charge is 2.10. The number of hydrogen-bond acceptors (Lipinski definition) is 5. The van der Waals surface area contributed by atoms with E-state index < -0.39 is 0 Å². The minimum atomic E-state index is -0.335. The third-order valence-electron chi connectivity index (χ3n) is 4.80. The quantitative estimate of drug-likeness (QED) is 0.204. The fourth-order valence-corrected chi connectivity index (χ4v) is 3.43. The topological polar surface area (TPSA) is 69.2 Å². The van der Waals surface area contributed by atoms with Gasteiger partial charge in [0, 0.05) is 4.47 Å². The average Bonchev–Trinajstić information content (AvgIpc) is 2.78. The van der Waals surface area contributed by atoms with Gasteiger partial charge in [0.25, 0.3) is 5.91 Å². The summed E-state index contributed by atoms with van der Waals surface area (Å²) in [5.74, 6) is 1.97. The van der Waals surface area contributed by atoms with Gasteiger partial charge in [-0.05, 0) is 59.9 Å². The van der Waals surface area contributed by atoms with Crippen molar-refractivity contribution in [3.63, 3.8) is 0 Å². The van der Waals surface area contributed by atoms with Crippen LogP contribution in [0.5, 0.6) is 17.2 Å². The van der Waals surface area contributed by atoms with Gasteiger partial charge in [0.1, 0.15) is 5.75 Å². The first-order valence-corrected chi connectivity index (χ1v) is 11.8. The molecule has 0 atom stereocenters. The highest BCUT2D eigenvalue weighted by atomic mass is 79.9. The number of hydrazone groups is 1. The third-order valence-corrected chi connectivity index (χ3v) is 5.29. The predicted molar refractivity (Wildman–Crippen MR) is 132 cm³/mol. The second-order valence-corrected chi connectivity index (χ2v) is 8.65. The summed E-state index contributed by atoms with van der Waals surface area (Å²) >= 11 is 3.47. The summed E-state index contributed by atoms with van der Waals surface area (Å²) in [5, 5.41) is 4.02. The maximum absolute atomic E-state index is 12.1. The molecule has 0 saturated carbocycles. The molecule has 0 heterocycles. The van der Waals surface area contributed by atoms with Gasteiger partial charge >= 0.3 is 0 Å². The molecule has 0 aromatic heterocycles. The van der Waals surface area contributed by atoms with Gasteiger partial charge in [-0.15, -0.1) is 0 Å². The summed E-state index contributed by atoms with van der Waals surface area (Å²) in [6.07, 6.45) is 6.16. The van der Waals surface area contributed by atoms with Crippen molar-refractivity contribution in [1.29, 1.82) is 0 Å². The van der Waals surface area contributed by atoms with Crippen LogP contribution < -0.4 is 19.6 Å². The van der Waals surface area contributed by atoms with Gasteiger partial charge in [-0.25, -0.2) is 5.43 Å². The van der Waals surface area contributed by atoms with E-state index in [0.29, 0.717) is 23.9 Å². The highest BCUT2D eigenvalue weighted by molar-refractivity contribution is 9.10. The van der Waals surface area contributed by atoms with Crippen LogP contribution in [-0.4, -0.2) is 32.4 Å². The van der Waals surface area contributed by atoms with Crippen LogP contribution in [0.3, 0.4) is 0 Å². The summed E-state index contributed by atoms with van der Waals surface area (Å²) in [6.45, 7) is 6.89. The molecule has 6 nitrogen and oxygen atoms in total. The molecule has 0 spiro atoms. The van der Waals surface area contributed by atoms with Gasteiger partial charge in [-0.2, -0.15) is 5.10 Å². The highest BCUT2D eigenvalue weighted by Crippen LogP contribution is 2.30. The van der Waals surface area contributed by atoms with Gasteiger partial charge in [0.2, 0.25) is 0 Å². The zero-order valence-electron chi connectivity index (χ0n) is 19.3. The van der Waals surface area contributed by atoms with E-state index >= 15 is 0 Å². The average molecular weight is 505 g/mol. The maximum Gasteiger partial charge on any atom is 0.277 e. The summed E-state index contributed by atoms with van der Waals surface area (Å²) in [4.78, 5) is 12.1. The molecule has 0 unspecified atom stereocenters. The van der Waals surface area contributed by atoms with E-state index in [1.807, 2.05) is 36.4 Å². The molecule has 174 valence electrons. The van der Waals surface area contributed by atoms with Crippen molar-refractivity contribution < 1.29 is 19.0 Å². The van der Waals surface area contributed by atoms with Gasteiger partial charge in [-0.1, -0.05) is 56.0 Å². The lowest BCUT2D eigenvalue weighted by Gasteiger charge is -2.14. The third kappa shape index (κ3) is 8.54. The van der Waals surface area contributed by atoms with E-state index in [0.717, 1.165) is 28.4 Å². The number of rotatable bonds is 13. The van der Waals surface area contributed by atoms with Crippen molar-refractivity contribution in [1.82, 2.24) is 5.43 Å². The molecule has 1 N–H and O–H groups in total. The Hall–Kier alpha value is -2.54. The van der Waals surface area contributed by atoms with E-state index in [4.69, 9.17) is 14.2 Å². The van der Waals surface area contributed by atoms with Gasteiger partial charge in [-0.3, -0.25) is 4.79 Å². The van der Waals surface area contributed by atoms with Crippen LogP contribution in [0, 0.1) is 0 Å². The Morgan fingerprint density at radius 1 is 1.06 bits per heavy atom. The largest absolute Gasteiger partial charge is 0.493 e. The number of carbonyl (C=O) groups excluding carboxylic acids is 1. The molecule has 2 aromatic rings. The number of nitrogens with zero attached hydrogens (tertiary/aromatic N) is 1. The Labute approximate surface area is 199 Å². The molecule has 0 aliphatic heterocycles. The lowest BCUT2D eigenvalue weighted by molar-refractivity contribution is -0.123. The molecule has 2 aromatic carbocycles. The molecule has 0 aliphatic carbocycles. The first-order valence-electron chi connectivity index (χ1n) is 11.0. The molecular weight excluding hydrogens is 472 g/mol. The number of ether oxygens (including phenoxy) is 3. The Morgan fingerprint density at radius 2 is 1.84 bits per heavy atom. The Balaban J connectivity index is 1.86. The summed E-state index contributed by atoms with van der Waals surface area (Å²) < 4.78 is 17.9. The maximum atomic E-state index is 12.1. The van der Waals surface area contributed by atoms with Gasteiger partial charge < -0.3 is 14.2 Å². The number of halogens is 1. The number of amides is 1. The van der Waals surface area contributed by atoms with Gasteiger partial charge in [0.05, 0.1) is 19.9 Å². The molecule has 2 rings (SSSR count). The number of methoxy groups -OCH3 is 1. The monoisotopic (exact) mass is 504 g/mol. The molecule has 0 radical (unpaired) electrons. The Morgan fingerprint density at radius 3 is 2.56 bits per heavy atom. The van der Waals surface area contributed by atoms with E-state index in [9.17, 15) is 4.79 Å². The van der Waals surface area contributed by atoms with Crippen LogP contribution in [0.4, 0.5) is 0 Å². The minimum absolute atomic E-state index is 0.118. The van der Waals surface area contributed by atoms with E-state index in [2.05, 4.69) is 47.2 Å². The molecule has 0 aliphatic rings. The fourth-order valence-electron chi connectivity index (χ4n) is 3.05. The van der Waals surface area contributed by atoms with E-state index in [1.54, 1.807) is 13.3 Å². The number of benzene rings is 2. The summed E-state index contributed by atoms with van der Waals surface area (Å²) in [6, 6.07) is 11.3. The molecule has 1 amide bonds. The van der Waals surface area contributed by atoms with Crippen LogP contribution in [0.25, 0.3) is 0 Å². The standard InChI is InChI=1S/C25H33BrN2O4/c1-5-6-7-8-13-31-23-11-9-19(14-24(23)30-4)16-27-28-25(29)17-32-22-12-10-20(26)15-21(22)18(2)3/h9-12,14-16,18H,5-8,13,17H2,1-4H3,(H,28,29)/b27-16+. The van der Waals surface area contributed by atoms with Crippen LogP contribution >= 0.6 is 15.9 Å². The zero-order valence-corrected chi connectivity index (χ0v) is 20.9. The van der Waals surface area contributed by atoms with Crippen molar-refractivity contribution in [2.24, 2.45) is 5.10 Å². The van der Waals surface area contributed by atoms with Crippen molar-refractivity contribution in [3.8, 4) is 17.2 Å². The van der Waals surface area contributed by atoms with Crippen LogP contribution in [0.15, 0.2) is 46.0 Å². The molecule has 0 bridgehead atoms. The lowest BCUT2D eigenvalue weighted by Crippen LogP contribution is -2.24. The predicted octanol–water partition coefficient (Wildman–Crippen LogP) is 6.07. The number of unbranched alkanes of at least 4 members (excludes halogenated alkanes) is 3. The van der Waals surface area contributed by atoms with E-state index in [1.165, 1.54) is 12.8 Å². The normalized spacial score (nSPS) is 11.1. The van der Waals surface area contributed by atoms with E-state index in [-0.39, 0.29) is 18.4 Å². The van der Waals surface area contributed by atoms with Crippen molar-refractivity contribution in [2.75, 3.05) is 20.3 Å². The van der Waals surface area contributed by atoms with Crippen LogP contribution in [0.1, 0.15) is 63.5 Å². The lowest BCUT2D eigenvalue weighted by atomic mass is 10.0. The molecular formula is C25H33BrN2O4. The number of hydrogen-bond donors (Lipinski definition) is 1. The minimum Gasteiger partial charge on any atom is -0.493 e. The van der Waals surface area contributed by atoms with Crippen LogP contribution in [0.2, 0.25) is 0 Å². The zero-order chi connectivity index (χ0) is 23.3. The summed E-state index contributed by atoms with van der Waals surface area (Å²) in [7, 11) is 1.60. The van der Waals surface area contributed by atoms with Crippen molar-refractivity contribution in [2.45, 2.75) is 52.4 Å². The van der Waals surface area contributed by atoms with Crippen molar-refractivity contribution >= 4 is 28.1 Å². The second-order valence-electron chi connectivity index (χ2n) is 7.74. The smallest absolute Gasteiger partial charge is 0.277 e. The molecule has 0 fully saturated rings. The fraction of sp³-hybridized carbons (Fsp3) is 0.440. The first kappa shape index (κ1) is 25.7. The van der Waals surface area contributed by atoms with Gasteiger partial charge in [0.15, 0.2) is 18.1 Å². The Kier molecular flexibility index (Phi) is 11.1. The summed E-state index contributed by atoms with van der Waals surface area (Å²) in [5.41, 5.74) is 4.32. The molecule has 7 heteroatoms. The van der Waals surface area contributed by atoms with Crippen molar-refractivity contribution in [3.05, 3.63) is 52.0 Å². The number of carbonyl (C=O) groups is 1. The van der Waals surface area contributed by atoms with Crippen LogP contribution in [-0.2, 0) is 4.79 Å².